The molecule has 1 heterocycles. The summed E-state index contributed by atoms with van der Waals surface area (Å²) >= 11 is 1.27. The first kappa shape index (κ1) is 17.2. The van der Waals surface area contributed by atoms with Crippen molar-refractivity contribution >= 4 is 22.4 Å². The van der Waals surface area contributed by atoms with Crippen molar-refractivity contribution in [3.8, 4) is 11.3 Å². The number of anilines is 1. The van der Waals surface area contributed by atoms with Crippen LogP contribution in [0.25, 0.3) is 11.3 Å². The summed E-state index contributed by atoms with van der Waals surface area (Å²) in [7, 11) is 0. The lowest BCUT2D eigenvalue weighted by Gasteiger charge is -2.08. The van der Waals surface area contributed by atoms with Crippen molar-refractivity contribution in [1.29, 1.82) is 0 Å². The Morgan fingerprint density at radius 3 is 2.56 bits per heavy atom. The molecule has 25 heavy (non-hydrogen) atoms. The van der Waals surface area contributed by atoms with Crippen molar-refractivity contribution in [3.05, 3.63) is 71.1 Å². The first-order valence-electron chi connectivity index (χ1n) is 7.39. The van der Waals surface area contributed by atoms with E-state index in [0.717, 1.165) is 23.4 Å². The summed E-state index contributed by atoms with van der Waals surface area (Å²) in [5, 5.41) is 4.85. The topological polar surface area (TPSA) is 42.0 Å². The Labute approximate surface area is 146 Å². The van der Waals surface area contributed by atoms with Crippen LogP contribution in [0, 0.1) is 0 Å². The maximum Gasteiger partial charge on any atom is 0.416 e. The van der Waals surface area contributed by atoms with E-state index < -0.39 is 17.6 Å². The number of rotatable bonds is 4. The maximum absolute atomic E-state index is 12.7. The van der Waals surface area contributed by atoms with Crippen LogP contribution < -0.4 is 5.32 Å². The molecule has 0 aliphatic rings. The fraction of sp³-hybridized carbons (Fsp3) is 0.111. The molecule has 3 rings (SSSR count). The van der Waals surface area contributed by atoms with Crippen LogP contribution in [0.2, 0.25) is 0 Å². The van der Waals surface area contributed by atoms with Crippen LogP contribution in [0.15, 0.2) is 60.0 Å². The molecule has 3 nitrogen and oxygen atoms in total. The minimum Gasteiger partial charge on any atom is -0.302 e. The van der Waals surface area contributed by atoms with Crippen molar-refractivity contribution in [2.24, 2.45) is 0 Å². The molecule has 0 saturated carbocycles. The van der Waals surface area contributed by atoms with Gasteiger partial charge in [-0.05, 0) is 11.6 Å². The van der Waals surface area contributed by atoms with Gasteiger partial charge in [0.2, 0.25) is 5.91 Å². The Bertz CT molecular complexity index is 875. The lowest BCUT2D eigenvalue weighted by Crippen LogP contribution is -2.15. The predicted octanol–water partition coefficient (Wildman–Crippen LogP) is 5.01. The first-order valence-corrected chi connectivity index (χ1v) is 8.27. The fourth-order valence-electron chi connectivity index (χ4n) is 2.28. The largest absolute Gasteiger partial charge is 0.416 e. The third-order valence-corrected chi connectivity index (χ3v) is 4.20. The third kappa shape index (κ3) is 4.45. The van der Waals surface area contributed by atoms with E-state index in [9.17, 15) is 18.0 Å². The predicted molar refractivity (Wildman–Crippen MR) is 91.3 cm³/mol. The quantitative estimate of drug-likeness (QED) is 0.709. The van der Waals surface area contributed by atoms with Gasteiger partial charge in [-0.1, -0.05) is 48.5 Å². The van der Waals surface area contributed by atoms with Gasteiger partial charge >= 0.3 is 6.18 Å². The van der Waals surface area contributed by atoms with Gasteiger partial charge in [0.25, 0.3) is 0 Å². The molecule has 0 aliphatic heterocycles. The van der Waals surface area contributed by atoms with Gasteiger partial charge in [-0.3, -0.25) is 4.79 Å². The van der Waals surface area contributed by atoms with E-state index >= 15 is 0 Å². The number of hydrogen-bond acceptors (Lipinski definition) is 3. The molecule has 1 aromatic heterocycles. The molecular weight excluding hydrogens is 349 g/mol. The second kappa shape index (κ2) is 7.06. The highest BCUT2D eigenvalue weighted by atomic mass is 32.1. The molecule has 1 N–H and O–H groups in total. The highest BCUT2D eigenvalue weighted by molar-refractivity contribution is 7.14. The molecule has 7 heteroatoms. The summed E-state index contributed by atoms with van der Waals surface area (Å²) in [5.41, 5.74) is 1.20. The monoisotopic (exact) mass is 362 g/mol. The zero-order valence-corrected chi connectivity index (χ0v) is 13.7. The number of benzene rings is 2. The third-order valence-electron chi connectivity index (χ3n) is 3.44. The summed E-state index contributed by atoms with van der Waals surface area (Å²) in [5.74, 6) is -0.409. The van der Waals surface area contributed by atoms with Gasteiger partial charge in [-0.15, -0.1) is 11.3 Å². The number of amides is 1. The number of carbonyl (C=O) groups excluding carboxylic acids is 1. The van der Waals surface area contributed by atoms with Gasteiger partial charge in [-0.25, -0.2) is 4.98 Å². The zero-order valence-electron chi connectivity index (χ0n) is 12.9. The van der Waals surface area contributed by atoms with Crippen molar-refractivity contribution in [2.45, 2.75) is 12.6 Å². The van der Waals surface area contributed by atoms with Crippen LogP contribution in [-0.2, 0) is 17.4 Å². The summed E-state index contributed by atoms with van der Waals surface area (Å²) in [6.45, 7) is 0. The van der Waals surface area contributed by atoms with Crippen LogP contribution >= 0.6 is 11.3 Å². The van der Waals surface area contributed by atoms with Gasteiger partial charge in [0.15, 0.2) is 5.13 Å². The molecule has 0 radical (unpaired) electrons. The molecule has 0 aliphatic carbocycles. The summed E-state index contributed by atoms with van der Waals surface area (Å²) in [6, 6.07) is 14.2. The number of thiazole rings is 1. The van der Waals surface area contributed by atoms with E-state index in [1.807, 2.05) is 35.7 Å². The Morgan fingerprint density at radius 2 is 1.84 bits per heavy atom. The first-order chi connectivity index (χ1) is 11.9. The summed E-state index contributed by atoms with van der Waals surface area (Å²) in [4.78, 5) is 16.4. The van der Waals surface area contributed by atoms with Crippen molar-refractivity contribution < 1.29 is 18.0 Å². The fourth-order valence-corrected chi connectivity index (χ4v) is 3.01. The van der Waals surface area contributed by atoms with Crippen molar-refractivity contribution in [1.82, 2.24) is 4.98 Å². The molecule has 0 saturated heterocycles. The Morgan fingerprint density at radius 1 is 1.08 bits per heavy atom. The molecule has 0 fully saturated rings. The van der Waals surface area contributed by atoms with Gasteiger partial charge < -0.3 is 5.32 Å². The van der Waals surface area contributed by atoms with E-state index in [0.29, 0.717) is 10.7 Å². The summed E-state index contributed by atoms with van der Waals surface area (Å²) < 4.78 is 38.1. The normalized spacial score (nSPS) is 11.3. The molecule has 2 aromatic carbocycles. The van der Waals surface area contributed by atoms with Crippen molar-refractivity contribution in [2.75, 3.05) is 5.32 Å². The standard InChI is InChI=1S/C18H13F3N2OS/c19-18(20,21)14-8-4-5-12(9-14)10-16(24)23-17-22-15(11-25-17)13-6-2-1-3-7-13/h1-9,11H,10H2,(H,22,23,24). The zero-order chi connectivity index (χ0) is 17.9. The van der Waals surface area contributed by atoms with Crippen LogP contribution in [0.3, 0.4) is 0 Å². The second-order valence-corrected chi connectivity index (χ2v) is 6.19. The second-order valence-electron chi connectivity index (χ2n) is 5.33. The molecule has 0 bridgehead atoms. The minimum absolute atomic E-state index is 0.149. The number of nitrogens with zero attached hydrogens (tertiary/aromatic N) is 1. The molecule has 0 spiro atoms. The van der Waals surface area contributed by atoms with E-state index in [2.05, 4.69) is 10.3 Å². The van der Waals surface area contributed by atoms with E-state index in [-0.39, 0.29) is 6.42 Å². The van der Waals surface area contributed by atoms with Crippen LogP contribution in [0.5, 0.6) is 0 Å². The van der Waals surface area contributed by atoms with Gasteiger partial charge in [0.05, 0.1) is 17.7 Å². The summed E-state index contributed by atoms with van der Waals surface area (Å²) in [6.07, 6.45) is -4.57. The molecule has 0 unspecified atom stereocenters. The Balaban J connectivity index is 1.67. The highest BCUT2D eigenvalue weighted by Crippen LogP contribution is 2.30. The maximum atomic E-state index is 12.7. The van der Waals surface area contributed by atoms with Gasteiger partial charge in [0, 0.05) is 10.9 Å². The number of carbonyl (C=O) groups is 1. The van der Waals surface area contributed by atoms with Crippen LogP contribution in [0.4, 0.5) is 18.3 Å². The van der Waals surface area contributed by atoms with Gasteiger partial charge in [-0.2, -0.15) is 13.2 Å². The number of alkyl halides is 3. The molecular formula is C18H13F3N2OS. The molecule has 1 amide bonds. The Kier molecular flexibility index (Phi) is 4.85. The number of aromatic nitrogens is 1. The molecule has 3 aromatic rings. The van der Waals surface area contributed by atoms with Gasteiger partial charge in [0.1, 0.15) is 0 Å². The average Bonchev–Trinajstić information content (AvgIpc) is 3.03. The SMILES string of the molecule is O=C(Cc1cccc(C(F)(F)F)c1)Nc1nc(-c2ccccc2)cs1. The number of hydrogen-bond donors (Lipinski definition) is 1. The lowest BCUT2D eigenvalue weighted by molar-refractivity contribution is -0.137. The van der Waals surface area contributed by atoms with E-state index in [4.69, 9.17) is 0 Å². The minimum atomic E-state index is -4.42. The Hall–Kier alpha value is -2.67. The number of halogens is 3. The van der Waals surface area contributed by atoms with Crippen LogP contribution in [0.1, 0.15) is 11.1 Å². The number of nitrogens with one attached hydrogen (secondary N) is 1. The lowest BCUT2D eigenvalue weighted by atomic mass is 10.1. The van der Waals surface area contributed by atoms with E-state index in [1.165, 1.54) is 23.5 Å². The highest BCUT2D eigenvalue weighted by Gasteiger charge is 2.30. The molecule has 128 valence electrons. The smallest absolute Gasteiger partial charge is 0.302 e. The molecule has 0 atom stereocenters. The van der Waals surface area contributed by atoms with Crippen molar-refractivity contribution in [3.63, 3.8) is 0 Å². The van der Waals surface area contributed by atoms with Crippen LogP contribution in [-0.4, -0.2) is 10.9 Å². The van der Waals surface area contributed by atoms with E-state index in [1.54, 1.807) is 0 Å². The average molecular weight is 362 g/mol.